The number of carbonyl (C=O) groups excluding carboxylic acids is 1. The molecule has 0 bridgehead atoms. The number of ether oxygens (including phenoxy) is 1. The van der Waals surface area contributed by atoms with Crippen molar-refractivity contribution in [2.45, 2.75) is 6.61 Å². The van der Waals surface area contributed by atoms with E-state index < -0.39 is 6.09 Å². The highest BCUT2D eigenvalue weighted by molar-refractivity contribution is 5.72. The summed E-state index contributed by atoms with van der Waals surface area (Å²) in [5.41, 5.74) is 2.20. The molecule has 0 aliphatic heterocycles. The lowest BCUT2D eigenvalue weighted by atomic mass is 10.1. The first-order chi connectivity index (χ1) is 10.7. The van der Waals surface area contributed by atoms with Crippen LogP contribution in [0.5, 0.6) is 0 Å². The minimum atomic E-state index is -0.577. The van der Waals surface area contributed by atoms with E-state index in [2.05, 4.69) is 5.10 Å². The van der Waals surface area contributed by atoms with E-state index in [1.807, 2.05) is 30.3 Å². The molecule has 4 nitrogen and oxygen atoms in total. The van der Waals surface area contributed by atoms with Crippen molar-refractivity contribution in [2.75, 3.05) is 0 Å². The lowest BCUT2D eigenvalue weighted by Crippen LogP contribution is -2.13. The smallest absolute Gasteiger partial charge is 0.435 e. The highest BCUT2D eigenvalue weighted by atomic mass is 19.1. The topological polar surface area (TPSA) is 44.1 Å². The zero-order chi connectivity index (χ0) is 15.4. The van der Waals surface area contributed by atoms with Gasteiger partial charge in [-0.1, -0.05) is 42.5 Å². The first-order valence-electron chi connectivity index (χ1n) is 6.74. The SMILES string of the molecule is O=C(OCc1ccccc1)n1cc(-c2cccc(F)c2)cn1. The van der Waals surface area contributed by atoms with Gasteiger partial charge in [0.15, 0.2) is 0 Å². The van der Waals surface area contributed by atoms with Crippen molar-refractivity contribution in [3.63, 3.8) is 0 Å². The average Bonchev–Trinajstić information content (AvgIpc) is 3.04. The van der Waals surface area contributed by atoms with E-state index in [0.29, 0.717) is 11.1 Å². The molecule has 3 aromatic rings. The second-order valence-electron chi connectivity index (χ2n) is 4.72. The van der Waals surface area contributed by atoms with E-state index in [0.717, 1.165) is 10.2 Å². The van der Waals surface area contributed by atoms with E-state index >= 15 is 0 Å². The fraction of sp³-hybridized carbons (Fsp3) is 0.0588. The summed E-state index contributed by atoms with van der Waals surface area (Å²) in [4.78, 5) is 11.9. The molecule has 0 N–H and O–H groups in total. The van der Waals surface area contributed by atoms with Crippen LogP contribution in [-0.4, -0.2) is 15.9 Å². The van der Waals surface area contributed by atoms with Crippen molar-refractivity contribution >= 4 is 6.09 Å². The highest BCUT2D eigenvalue weighted by Crippen LogP contribution is 2.19. The monoisotopic (exact) mass is 296 g/mol. The van der Waals surface area contributed by atoms with Crippen molar-refractivity contribution in [3.8, 4) is 11.1 Å². The van der Waals surface area contributed by atoms with Gasteiger partial charge in [0, 0.05) is 11.8 Å². The van der Waals surface area contributed by atoms with Crippen molar-refractivity contribution in [3.05, 3.63) is 78.4 Å². The van der Waals surface area contributed by atoms with E-state index in [1.54, 1.807) is 12.1 Å². The van der Waals surface area contributed by atoms with E-state index in [9.17, 15) is 9.18 Å². The van der Waals surface area contributed by atoms with Gasteiger partial charge in [0.25, 0.3) is 0 Å². The van der Waals surface area contributed by atoms with E-state index in [1.165, 1.54) is 24.5 Å². The lowest BCUT2D eigenvalue weighted by Gasteiger charge is -2.04. The number of hydrogen-bond acceptors (Lipinski definition) is 3. The number of halogens is 1. The van der Waals surface area contributed by atoms with E-state index in [4.69, 9.17) is 4.74 Å². The van der Waals surface area contributed by atoms with Crippen LogP contribution >= 0.6 is 0 Å². The van der Waals surface area contributed by atoms with Crippen LogP contribution in [0.2, 0.25) is 0 Å². The second-order valence-corrected chi connectivity index (χ2v) is 4.72. The fourth-order valence-corrected chi connectivity index (χ4v) is 2.03. The summed E-state index contributed by atoms with van der Waals surface area (Å²) < 4.78 is 19.5. The average molecular weight is 296 g/mol. The number of nitrogens with zero attached hydrogens (tertiary/aromatic N) is 2. The van der Waals surface area contributed by atoms with Gasteiger partial charge in [-0.05, 0) is 23.3 Å². The van der Waals surface area contributed by atoms with Gasteiger partial charge in [0.2, 0.25) is 0 Å². The molecule has 0 aliphatic rings. The van der Waals surface area contributed by atoms with Crippen LogP contribution in [0.25, 0.3) is 11.1 Å². The number of benzene rings is 2. The zero-order valence-electron chi connectivity index (χ0n) is 11.6. The molecule has 3 rings (SSSR count). The van der Waals surface area contributed by atoms with Gasteiger partial charge in [0.1, 0.15) is 12.4 Å². The van der Waals surface area contributed by atoms with Gasteiger partial charge in [-0.2, -0.15) is 9.78 Å². The summed E-state index contributed by atoms with van der Waals surface area (Å²) in [6, 6.07) is 15.5. The van der Waals surface area contributed by atoms with Crippen LogP contribution in [-0.2, 0) is 11.3 Å². The first-order valence-corrected chi connectivity index (χ1v) is 6.74. The predicted octanol–water partition coefficient (Wildman–Crippen LogP) is 3.87. The summed E-state index contributed by atoms with van der Waals surface area (Å²) in [7, 11) is 0. The molecule has 0 fully saturated rings. The summed E-state index contributed by atoms with van der Waals surface area (Å²) in [5, 5.41) is 3.95. The Hall–Kier alpha value is -2.95. The van der Waals surface area contributed by atoms with E-state index in [-0.39, 0.29) is 12.4 Å². The molecular formula is C17H13FN2O2. The molecule has 110 valence electrons. The largest absolute Gasteiger partial charge is 0.443 e. The molecule has 1 aromatic heterocycles. The Kier molecular flexibility index (Phi) is 3.96. The molecule has 22 heavy (non-hydrogen) atoms. The van der Waals surface area contributed by atoms with Gasteiger partial charge < -0.3 is 4.74 Å². The molecule has 0 saturated carbocycles. The molecule has 1 heterocycles. The zero-order valence-corrected chi connectivity index (χ0v) is 11.6. The van der Waals surface area contributed by atoms with Crippen LogP contribution in [0.1, 0.15) is 5.56 Å². The Balaban J connectivity index is 1.69. The standard InChI is InChI=1S/C17H13FN2O2/c18-16-8-4-7-14(9-16)15-10-19-20(11-15)17(21)22-12-13-5-2-1-3-6-13/h1-11H,12H2. The Morgan fingerprint density at radius 3 is 2.68 bits per heavy atom. The quantitative estimate of drug-likeness (QED) is 0.737. The maximum Gasteiger partial charge on any atom is 0.435 e. The molecular weight excluding hydrogens is 283 g/mol. The molecule has 0 amide bonds. The van der Waals surface area contributed by atoms with Crippen molar-refractivity contribution in [1.29, 1.82) is 0 Å². The summed E-state index contributed by atoms with van der Waals surface area (Å²) in [5.74, 6) is -0.336. The molecule has 0 atom stereocenters. The molecule has 0 radical (unpaired) electrons. The molecule has 5 heteroatoms. The molecule has 0 spiro atoms. The third-order valence-electron chi connectivity index (χ3n) is 3.13. The Labute approximate surface area is 126 Å². The minimum Gasteiger partial charge on any atom is -0.443 e. The normalized spacial score (nSPS) is 10.4. The number of carbonyl (C=O) groups is 1. The Morgan fingerprint density at radius 1 is 1.09 bits per heavy atom. The summed E-state index contributed by atoms with van der Waals surface area (Å²) in [6.07, 6.45) is 2.44. The van der Waals surface area contributed by atoms with Gasteiger partial charge >= 0.3 is 6.09 Å². The summed E-state index contributed by atoms with van der Waals surface area (Å²) in [6.45, 7) is 0.175. The third kappa shape index (κ3) is 3.20. The minimum absolute atomic E-state index is 0.175. The van der Waals surface area contributed by atoms with Crippen LogP contribution in [0, 0.1) is 5.82 Å². The van der Waals surface area contributed by atoms with Gasteiger partial charge in [-0.25, -0.2) is 9.18 Å². The maximum atomic E-state index is 13.2. The number of hydrogen-bond donors (Lipinski definition) is 0. The Morgan fingerprint density at radius 2 is 1.91 bits per heavy atom. The maximum absolute atomic E-state index is 13.2. The van der Waals surface area contributed by atoms with Crippen LogP contribution in [0.15, 0.2) is 67.0 Å². The molecule has 0 saturated heterocycles. The van der Waals surface area contributed by atoms with Gasteiger partial charge in [0.05, 0.1) is 6.20 Å². The Bertz CT molecular complexity index is 784. The van der Waals surface area contributed by atoms with Gasteiger partial charge in [-0.15, -0.1) is 0 Å². The van der Waals surface area contributed by atoms with Crippen LogP contribution in [0.4, 0.5) is 9.18 Å². The van der Waals surface area contributed by atoms with Crippen molar-refractivity contribution in [1.82, 2.24) is 9.78 Å². The highest BCUT2D eigenvalue weighted by Gasteiger charge is 2.10. The molecule has 0 unspecified atom stereocenters. The van der Waals surface area contributed by atoms with Crippen LogP contribution in [0.3, 0.4) is 0 Å². The predicted molar refractivity (Wildman–Crippen MR) is 79.6 cm³/mol. The number of rotatable bonds is 3. The third-order valence-corrected chi connectivity index (χ3v) is 3.13. The number of aromatic nitrogens is 2. The van der Waals surface area contributed by atoms with Crippen molar-refractivity contribution < 1.29 is 13.9 Å². The molecule has 2 aromatic carbocycles. The summed E-state index contributed by atoms with van der Waals surface area (Å²) >= 11 is 0. The molecule has 0 aliphatic carbocycles. The first kappa shape index (κ1) is 14.0. The van der Waals surface area contributed by atoms with Gasteiger partial charge in [-0.3, -0.25) is 0 Å². The fourth-order valence-electron chi connectivity index (χ4n) is 2.03. The van der Waals surface area contributed by atoms with Crippen LogP contribution < -0.4 is 0 Å². The van der Waals surface area contributed by atoms with Crippen molar-refractivity contribution in [2.24, 2.45) is 0 Å². The lowest BCUT2D eigenvalue weighted by molar-refractivity contribution is 0.138. The second kappa shape index (κ2) is 6.22.